The van der Waals surface area contributed by atoms with Crippen molar-refractivity contribution in [1.29, 1.82) is 0 Å². The number of ketones is 1. The first-order valence-corrected chi connectivity index (χ1v) is 8.82. The lowest BCUT2D eigenvalue weighted by Crippen LogP contribution is -2.20. The fourth-order valence-electron chi connectivity index (χ4n) is 3.32. The normalized spacial score (nSPS) is 10.5. The van der Waals surface area contributed by atoms with E-state index in [1.807, 2.05) is 10.6 Å². The van der Waals surface area contributed by atoms with Gasteiger partial charge in [-0.2, -0.15) is 0 Å². The summed E-state index contributed by atoms with van der Waals surface area (Å²) in [7, 11) is 0. The Labute approximate surface area is 174 Å². The van der Waals surface area contributed by atoms with Gasteiger partial charge in [0.25, 0.3) is 0 Å². The summed E-state index contributed by atoms with van der Waals surface area (Å²) in [5.74, 6) is -0.639. The van der Waals surface area contributed by atoms with E-state index >= 15 is 0 Å². The van der Waals surface area contributed by atoms with Gasteiger partial charge in [-0.05, 0) is 40.8 Å². The molecule has 158 valence electrons. The number of amides is 3. The van der Waals surface area contributed by atoms with E-state index in [9.17, 15) is 34.5 Å². The number of allylic oxidation sites excluding steroid dienone is 1. The number of carbonyl (C=O) groups is 4. The minimum Gasteiger partial charge on any atom is -0.465 e. The van der Waals surface area contributed by atoms with Crippen molar-refractivity contribution in [1.82, 2.24) is 0 Å². The van der Waals surface area contributed by atoms with Crippen molar-refractivity contribution in [3.05, 3.63) is 54.1 Å². The summed E-state index contributed by atoms with van der Waals surface area (Å²) < 4.78 is 0. The van der Waals surface area contributed by atoms with E-state index < -0.39 is 35.4 Å². The maximum atomic E-state index is 13.0. The molecule has 3 aromatic carbocycles. The topological polar surface area (TPSA) is 165 Å². The largest absolute Gasteiger partial charge is 0.465 e. The van der Waals surface area contributed by atoms with Crippen LogP contribution < -0.4 is 16.0 Å². The van der Waals surface area contributed by atoms with E-state index in [1.54, 1.807) is 36.4 Å². The average molecular weight is 423 g/mol. The maximum absolute atomic E-state index is 13.0. The summed E-state index contributed by atoms with van der Waals surface area (Å²) in [6.45, 7) is 5.04. The van der Waals surface area contributed by atoms with Crippen molar-refractivity contribution in [2.75, 3.05) is 16.0 Å². The van der Waals surface area contributed by atoms with Crippen LogP contribution in [0.4, 0.5) is 31.4 Å². The monoisotopic (exact) mass is 423 g/mol. The van der Waals surface area contributed by atoms with Crippen molar-refractivity contribution in [3.63, 3.8) is 0 Å². The number of benzene rings is 3. The highest BCUT2D eigenvalue weighted by atomic mass is 16.4. The van der Waals surface area contributed by atoms with E-state index in [1.165, 1.54) is 6.92 Å². The minimum absolute atomic E-state index is 0.0723. The van der Waals surface area contributed by atoms with Crippen LogP contribution in [0.5, 0.6) is 0 Å². The number of anilines is 3. The number of fused-ring (bicyclic) bond motifs is 2. The molecule has 6 N–H and O–H groups in total. The third-order valence-electron chi connectivity index (χ3n) is 4.49. The summed E-state index contributed by atoms with van der Waals surface area (Å²) in [6.07, 6.45) is -4.68. The SMILES string of the molecule is C=C(C)C(=O)c1c(NC(=O)O)c(NC(=O)O)c(NC(=O)O)c2cc3ccccc3cc12. The number of hydrogen-bond acceptors (Lipinski definition) is 4. The maximum Gasteiger partial charge on any atom is 0.409 e. The highest BCUT2D eigenvalue weighted by Crippen LogP contribution is 2.44. The third-order valence-corrected chi connectivity index (χ3v) is 4.49. The van der Waals surface area contributed by atoms with Gasteiger partial charge in [-0.3, -0.25) is 20.7 Å². The summed E-state index contributed by atoms with van der Waals surface area (Å²) in [5.41, 5.74) is -1.14. The summed E-state index contributed by atoms with van der Waals surface area (Å²) in [6, 6.07) is 10.2. The molecule has 0 aliphatic rings. The van der Waals surface area contributed by atoms with Crippen molar-refractivity contribution < 1.29 is 34.5 Å². The Morgan fingerprint density at radius 1 is 0.742 bits per heavy atom. The zero-order valence-electron chi connectivity index (χ0n) is 16.1. The Kier molecular flexibility index (Phi) is 5.47. The lowest BCUT2D eigenvalue weighted by atomic mass is 9.91. The molecule has 3 amide bonds. The molecule has 0 saturated heterocycles. The van der Waals surface area contributed by atoms with Crippen LogP contribution in [0, 0.1) is 0 Å². The standard InChI is InChI=1S/C21H17N3O7/c1-9(2)18(25)14-12-7-10-5-3-4-6-11(10)8-13(12)15(22-19(26)27)17(24-21(30)31)16(14)23-20(28)29/h3-8,22-24H,1H2,2H3,(H,26,27)(H,28,29)(H,30,31). The minimum atomic E-state index is -1.59. The molecule has 10 heteroatoms. The fraction of sp³-hybridized carbons (Fsp3) is 0.0476. The Bertz CT molecular complexity index is 1300. The first-order valence-electron chi connectivity index (χ1n) is 8.82. The van der Waals surface area contributed by atoms with Gasteiger partial charge < -0.3 is 15.3 Å². The molecule has 0 radical (unpaired) electrons. The van der Waals surface area contributed by atoms with E-state index in [4.69, 9.17) is 0 Å². The van der Waals surface area contributed by atoms with Gasteiger partial charge in [0.15, 0.2) is 5.78 Å². The number of nitrogens with one attached hydrogen (secondary N) is 3. The smallest absolute Gasteiger partial charge is 0.409 e. The van der Waals surface area contributed by atoms with Crippen LogP contribution >= 0.6 is 0 Å². The van der Waals surface area contributed by atoms with E-state index in [-0.39, 0.29) is 27.6 Å². The summed E-state index contributed by atoms with van der Waals surface area (Å²) in [4.78, 5) is 47.4. The van der Waals surface area contributed by atoms with E-state index in [0.717, 1.165) is 0 Å². The van der Waals surface area contributed by atoms with Crippen LogP contribution in [-0.4, -0.2) is 39.4 Å². The molecule has 0 aliphatic heterocycles. The highest BCUT2D eigenvalue weighted by molar-refractivity contribution is 6.28. The second-order valence-corrected chi connectivity index (χ2v) is 6.64. The molecule has 31 heavy (non-hydrogen) atoms. The van der Waals surface area contributed by atoms with Crippen molar-refractivity contribution in [2.45, 2.75) is 6.92 Å². The van der Waals surface area contributed by atoms with Crippen LogP contribution in [0.1, 0.15) is 17.3 Å². The predicted molar refractivity (Wildman–Crippen MR) is 116 cm³/mol. The van der Waals surface area contributed by atoms with Gasteiger partial charge in [0.05, 0.1) is 22.6 Å². The molecule has 0 heterocycles. The average Bonchev–Trinajstić information content (AvgIpc) is 2.68. The Morgan fingerprint density at radius 3 is 1.68 bits per heavy atom. The van der Waals surface area contributed by atoms with E-state index in [0.29, 0.717) is 10.8 Å². The number of hydrogen-bond donors (Lipinski definition) is 6. The summed E-state index contributed by atoms with van der Waals surface area (Å²) >= 11 is 0. The molecule has 3 rings (SSSR count). The number of Topliss-reactive ketones (excluding diaryl/α,β-unsaturated/α-hetero) is 1. The first-order chi connectivity index (χ1) is 14.6. The molecule has 10 nitrogen and oxygen atoms in total. The number of carboxylic acid groups (broad SMARTS) is 3. The van der Waals surface area contributed by atoms with E-state index in [2.05, 4.69) is 11.9 Å². The fourth-order valence-corrected chi connectivity index (χ4v) is 3.32. The number of rotatable bonds is 5. The Morgan fingerprint density at radius 2 is 1.19 bits per heavy atom. The molecule has 0 fully saturated rings. The van der Waals surface area contributed by atoms with Gasteiger partial charge in [0, 0.05) is 5.39 Å². The zero-order chi connectivity index (χ0) is 22.9. The number of carbonyl (C=O) groups excluding carboxylic acids is 1. The van der Waals surface area contributed by atoms with Crippen molar-refractivity contribution >= 4 is 62.7 Å². The van der Waals surface area contributed by atoms with Crippen molar-refractivity contribution in [3.8, 4) is 0 Å². The molecular formula is C21H17N3O7. The van der Waals surface area contributed by atoms with Gasteiger partial charge in [-0.15, -0.1) is 0 Å². The second-order valence-electron chi connectivity index (χ2n) is 6.64. The molecule has 0 atom stereocenters. The third kappa shape index (κ3) is 4.08. The van der Waals surface area contributed by atoms with Crippen LogP contribution in [0.3, 0.4) is 0 Å². The first kappa shape index (κ1) is 21.1. The van der Waals surface area contributed by atoms with Gasteiger partial charge in [0.2, 0.25) is 0 Å². The zero-order valence-corrected chi connectivity index (χ0v) is 16.1. The van der Waals surface area contributed by atoms with Crippen LogP contribution in [0.25, 0.3) is 21.5 Å². The molecule has 0 saturated carbocycles. The quantitative estimate of drug-likeness (QED) is 0.190. The lowest BCUT2D eigenvalue weighted by molar-refractivity contribution is 0.103. The second kappa shape index (κ2) is 8.03. The molecule has 0 aromatic heterocycles. The predicted octanol–water partition coefficient (Wildman–Crippen LogP) is 5.02. The molecule has 3 aromatic rings. The molecule has 0 unspecified atom stereocenters. The Balaban J connectivity index is 2.62. The van der Waals surface area contributed by atoms with Crippen LogP contribution in [0.2, 0.25) is 0 Å². The van der Waals surface area contributed by atoms with Gasteiger partial charge >= 0.3 is 18.3 Å². The molecule has 0 spiro atoms. The Hall–Kier alpha value is -4.60. The van der Waals surface area contributed by atoms with Crippen LogP contribution in [-0.2, 0) is 0 Å². The van der Waals surface area contributed by atoms with Crippen LogP contribution in [0.15, 0.2) is 48.6 Å². The van der Waals surface area contributed by atoms with Gasteiger partial charge in [-0.25, -0.2) is 14.4 Å². The summed E-state index contributed by atoms with van der Waals surface area (Å²) in [5, 5.41) is 35.9. The lowest BCUT2D eigenvalue weighted by Gasteiger charge is -2.21. The van der Waals surface area contributed by atoms with Gasteiger partial charge in [0.1, 0.15) is 0 Å². The highest BCUT2D eigenvalue weighted by Gasteiger charge is 2.27. The van der Waals surface area contributed by atoms with Gasteiger partial charge in [-0.1, -0.05) is 30.8 Å². The molecule has 0 aliphatic carbocycles. The molecule has 0 bridgehead atoms. The van der Waals surface area contributed by atoms with Crippen molar-refractivity contribution in [2.24, 2.45) is 0 Å². The molecular weight excluding hydrogens is 406 g/mol.